The van der Waals surface area contributed by atoms with Crippen molar-refractivity contribution in [1.29, 1.82) is 0 Å². The zero-order chi connectivity index (χ0) is 10.1. The number of hydrogen-bond donors (Lipinski definition) is 1. The van der Waals surface area contributed by atoms with Crippen LogP contribution in [0.25, 0.3) is 0 Å². The Balaban J connectivity index is 3.16. The molecule has 0 unspecified atom stereocenters. The van der Waals surface area contributed by atoms with Gasteiger partial charge in [0.05, 0.1) is 9.82 Å². The molecule has 0 saturated carbocycles. The molecule has 6 nitrogen and oxygen atoms in total. The summed E-state index contributed by atoms with van der Waals surface area (Å²) < 4.78 is 29.5. The lowest BCUT2D eigenvalue weighted by Crippen LogP contribution is -1.97. The smallest absolute Gasteiger partial charge is 0.282 e. The summed E-state index contributed by atoms with van der Waals surface area (Å²) in [5.74, 6) is 0. The van der Waals surface area contributed by atoms with E-state index in [4.69, 9.17) is 4.55 Å². The predicted molar refractivity (Wildman–Crippen MR) is 42.9 cm³/mol. The molecule has 0 bridgehead atoms. The molecule has 1 aromatic carbocycles. The fraction of sp³-hybridized carbons (Fsp3) is 0. The van der Waals surface area contributed by atoms with Gasteiger partial charge in [-0.15, -0.1) is 0 Å². The molecule has 0 aliphatic rings. The molecule has 70 valence electrons. The number of nitro benzene ring substituents is 1. The Bertz CT molecular complexity index is 421. The first-order valence-corrected chi connectivity index (χ1v) is 4.57. The average Bonchev–Trinajstić information content (AvgIpc) is 2.03. The number of hydrogen-bond acceptors (Lipinski definition) is 4. The normalized spacial score (nSPS) is 11.2. The second-order valence-electron chi connectivity index (χ2n) is 2.23. The van der Waals surface area contributed by atoms with Crippen molar-refractivity contribution >= 4 is 15.8 Å². The van der Waals surface area contributed by atoms with E-state index in [1.165, 1.54) is 0 Å². The molecule has 0 atom stereocenters. The molecule has 0 amide bonds. The molecule has 13 heavy (non-hydrogen) atoms. The van der Waals surface area contributed by atoms with E-state index in [0.29, 0.717) is 0 Å². The van der Waals surface area contributed by atoms with Crippen LogP contribution in [0.5, 0.6) is 0 Å². The zero-order valence-corrected chi connectivity index (χ0v) is 7.06. The van der Waals surface area contributed by atoms with E-state index in [9.17, 15) is 18.5 Å². The van der Waals surface area contributed by atoms with Crippen LogP contribution in [0, 0.1) is 10.1 Å². The molecule has 1 N–H and O–H groups in total. The highest BCUT2D eigenvalue weighted by Crippen LogP contribution is 2.14. The van der Waals surface area contributed by atoms with Crippen LogP contribution < -0.4 is 0 Å². The van der Waals surface area contributed by atoms with E-state index in [2.05, 4.69) is 0 Å². The third-order valence-electron chi connectivity index (χ3n) is 1.35. The van der Waals surface area contributed by atoms with Crippen molar-refractivity contribution in [3.05, 3.63) is 34.4 Å². The predicted octanol–water partition coefficient (Wildman–Crippen LogP) is 0.842. The molecule has 0 aliphatic heterocycles. The highest BCUT2D eigenvalue weighted by Gasteiger charge is 2.11. The quantitative estimate of drug-likeness (QED) is 0.442. The zero-order valence-electron chi connectivity index (χ0n) is 6.25. The first-order valence-electron chi connectivity index (χ1n) is 3.13. The first kappa shape index (κ1) is 9.62. The topological polar surface area (TPSA) is 97.5 Å². The van der Waals surface area contributed by atoms with Gasteiger partial charge in [-0.2, -0.15) is 8.42 Å². The molecule has 1 rings (SSSR count). The molecule has 0 aromatic heterocycles. The van der Waals surface area contributed by atoms with Crippen molar-refractivity contribution in [3.63, 3.8) is 0 Å². The number of non-ortho nitro benzene ring substituents is 1. The largest absolute Gasteiger partial charge is 0.294 e. The third kappa shape index (κ3) is 2.23. The Labute approximate surface area is 73.7 Å². The van der Waals surface area contributed by atoms with Gasteiger partial charge in [-0.1, -0.05) is 0 Å². The van der Waals surface area contributed by atoms with Gasteiger partial charge in [0, 0.05) is 12.1 Å². The van der Waals surface area contributed by atoms with Crippen LogP contribution in [-0.2, 0) is 10.1 Å². The van der Waals surface area contributed by atoms with Crippen LogP contribution in [-0.4, -0.2) is 17.9 Å². The van der Waals surface area contributed by atoms with Gasteiger partial charge in [0.25, 0.3) is 15.8 Å². The van der Waals surface area contributed by atoms with Gasteiger partial charge in [0.15, 0.2) is 0 Å². The highest BCUT2D eigenvalue weighted by molar-refractivity contribution is 7.85. The van der Waals surface area contributed by atoms with Crippen molar-refractivity contribution in [3.8, 4) is 0 Å². The maximum Gasteiger partial charge on any atom is 0.294 e. The summed E-state index contributed by atoms with van der Waals surface area (Å²) in [7, 11) is -4.27. The summed E-state index contributed by atoms with van der Waals surface area (Å²) in [5, 5.41) is 10.2. The van der Waals surface area contributed by atoms with Gasteiger partial charge in [0.1, 0.15) is 0 Å². The van der Waals surface area contributed by atoms with Gasteiger partial charge < -0.3 is 0 Å². The minimum atomic E-state index is -4.27. The number of nitrogens with zero attached hydrogens (tertiary/aromatic N) is 1. The molecule has 0 radical (unpaired) electrons. The van der Waals surface area contributed by atoms with Gasteiger partial charge in [-0.3, -0.25) is 14.7 Å². The second kappa shape index (κ2) is 3.11. The van der Waals surface area contributed by atoms with Crippen LogP contribution in [0.1, 0.15) is 0 Å². The molecule has 1 aromatic rings. The monoisotopic (exact) mass is 209 g/mol. The fourth-order valence-electron chi connectivity index (χ4n) is 0.740. The van der Waals surface area contributed by atoms with E-state index in [-0.39, 0.29) is 10.6 Å². The van der Waals surface area contributed by atoms with Gasteiger partial charge in [-0.25, -0.2) is 0 Å². The van der Waals surface area contributed by atoms with E-state index >= 15 is 0 Å². The summed E-state index contributed by atoms with van der Waals surface area (Å²) in [6.07, 6.45) is 0. The van der Waals surface area contributed by atoms with E-state index in [0.717, 1.165) is 24.3 Å². The van der Waals surface area contributed by atoms with Gasteiger partial charge >= 0.3 is 0 Å². The molecule has 0 fully saturated rings. The van der Waals surface area contributed by atoms with Crippen molar-refractivity contribution in [2.75, 3.05) is 0 Å². The van der Waals surface area contributed by atoms with Gasteiger partial charge in [-0.05, 0) is 12.1 Å². The Morgan fingerprint density at radius 1 is 1.23 bits per heavy atom. The van der Waals surface area contributed by atoms with Crippen LogP contribution in [0.3, 0.4) is 0 Å². The lowest BCUT2D eigenvalue weighted by molar-refractivity contribution is -0.384. The summed E-state index contributed by atoms with van der Waals surface area (Å²) in [6.45, 7) is 0. The van der Waals surface area contributed by atoms with E-state index < -0.39 is 15.0 Å². The van der Waals surface area contributed by atoms with Crippen molar-refractivity contribution in [2.24, 2.45) is 0 Å². The molecule has 7 heteroatoms. The second-order valence-corrected chi connectivity index (χ2v) is 3.65. The molecule has 0 spiro atoms. The Hall–Kier alpha value is -1.47. The standard InChI is InChI=1S/C6H5NO5S/c8-7(9)5-1-3-6(4-2-5)13(10,11)12/h1-4H,(H,10,11,12)/i1+1,2+1,3+1,4+1,5+1,6+1. The molecular weight excluding hydrogens is 204 g/mol. The minimum absolute atomic E-state index is 0.229. The molecule has 0 aliphatic carbocycles. The Kier molecular flexibility index (Phi) is 2.30. The van der Waals surface area contributed by atoms with E-state index in [1.807, 2.05) is 0 Å². The van der Waals surface area contributed by atoms with Gasteiger partial charge in [0.2, 0.25) is 0 Å². The number of nitro groups is 1. The fourth-order valence-corrected chi connectivity index (χ4v) is 1.22. The van der Waals surface area contributed by atoms with Crippen LogP contribution in [0.15, 0.2) is 29.2 Å². The lowest BCUT2D eigenvalue weighted by atomic mass is 11.3. The molecule has 0 heterocycles. The molecule has 0 saturated heterocycles. The minimum Gasteiger partial charge on any atom is -0.282 e. The van der Waals surface area contributed by atoms with Crippen LogP contribution in [0.2, 0.25) is 0 Å². The summed E-state index contributed by atoms with van der Waals surface area (Å²) in [4.78, 5) is 9.13. The Morgan fingerprint density at radius 2 is 1.69 bits per heavy atom. The third-order valence-corrected chi connectivity index (χ3v) is 2.21. The maximum atomic E-state index is 10.5. The summed E-state index contributed by atoms with van der Waals surface area (Å²) >= 11 is 0. The lowest BCUT2D eigenvalue weighted by Gasteiger charge is -1.94. The van der Waals surface area contributed by atoms with Crippen LogP contribution in [0.4, 0.5) is 5.69 Å². The van der Waals surface area contributed by atoms with Crippen molar-refractivity contribution < 1.29 is 17.9 Å². The first-order chi connectivity index (χ1) is 5.91. The number of benzene rings is 1. The SMILES string of the molecule is O=[N+]([O-])[13c]1[13cH][13cH][13c](S(=O)(=O)O)[13cH][13cH]1. The van der Waals surface area contributed by atoms with Crippen molar-refractivity contribution in [2.45, 2.75) is 4.90 Å². The summed E-state index contributed by atoms with van der Waals surface area (Å²) in [5.41, 5.74) is -0.229. The van der Waals surface area contributed by atoms with Crippen molar-refractivity contribution in [1.82, 2.24) is 0 Å². The highest BCUT2D eigenvalue weighted by atomic mass is 32.2. The maximum absolute atomic E-state index is 10.5. The molecular formula is C6H5NO5S. The summed E-state index contributed by atoms with van der Waals surface area (Å²) in [6, 6.07) is 3.94. The van der Waals surface area contributed by atoms with Crippen LogP contribution >= 0.6 is 0 Å². The number of rotatable bonds is 2. The average molecular weight is 209 g/mol. The Morgan fingerprint density at radius 3 is 2.00 bits per heavy atom. The van der Waals surface area contributed by atoms with E-state index in [1.54, 1.807) is 0 Å².